The van der Waals surface area contributed by atoms with Gasteiger partial charge in [-0.15, -0.1) is 0 Å². The van der Waals surface area contributed by atoms with Crippen LogP contribution in [0.3, 0.4) is 0 Å². The second-order valence-electron chi connectivity index (χ2n) is 5.85. The second kappa shape index (κ2) is 7.46. The maximum atomic E-state index is 12.3. The predicted molar refractivity (Wildman–Crippen MR) is 84.3 cm³/mol. The van der Waals surface area contributed by atoms with E-state index in [0.29, 0.717) is 5.92 Å². The lowest BCUT2D eigenvalue weighted by Crippen LogP contribution is -2.46. The molecule has 4 heteroatoms. The van der Waals surface area contributed by atoms with Crippen molar-refractivity contribution in [3.63, 3.8) is 0 Å². The number of carbonyl (C=O) groups excluding carboxylic acids is 1. The number of hydrogen-bond acceptors (Lipinski definition) is 3. The Morgan fingerprint density at radius 2 is 2.24 bits per heavy atom. The summed E-state index contributed by atoms with van der Waals surface area (Å²) in [6.45, 7) is 5.80. The molecule has 0 saturated carbocycles. The molecule has 0 aliphatic carbocycles. The van der Waals surface area contributed by atoms with Crippen molar-refractivity contribution in [2.45, 2.75) is 39.2 Å². The third-order valence-electron chi connectivity index (χ3n) is 4.26. The molecule has 0 radical (unpaired) electrons. The molecule has 0 bridgehead atoms. The van der Waals surface area contributed by atoms with Gasteiger partial charge in [-0.25, -0.2) is 0 Å². The van der Waals surface area contributed by atoms with Crippen molar-refractivity contribution in [2.75, 3.05) is 19.7 Å². The summed E-state index contributed by atoms with van der Waals surface area (Å²) in [7, 11) is 0. The Morgan fingerprint density at radius 1 is 1.48 bits per heavy atom. The van der Waals surface area contributed by atoms with Gasteiger partial charge in [-0.3, -0.25) is 4.79 Å². The quantitative estimate of drug-likeness (QED) is 0.904. The van der Waals surface area contributed by atoms with Gasteiger partial charge in [-0.05, 0) is 43.7 Å². The maximum Gasteiger partial charge on any atom is 0.260 e. The lowest BCUT2D eigenvalue weighted by Gasteiger charge is -2.34. The Bertz CT molecular complexity index is 474. The molecular weight excluding hydrogens is 264 g/mol. The van der Waals surface area contributed by atoms with Gasteiger partial charge in [0.1, 0.15) is 5.75 Å². The van der Waals surface area contributed by atoms with Gasteiger partial charge in [0.15, 0.2) is 6.61 Å². The Hall–Kier alpha value is -1.55. The topological polar surface area (TPSA) is 55.6 Å². The first-order valence-corrected chi connectivity index (χ1v) is 7.86. The molecule has 1 saturated heterocycles. The summed E-state index contributed by atoms with van der Waals surface area (Å²) in [5.74, 6) is 1.28. The predicted octanol–water partition coefficient (Wildman–Crippen LogP) is 2.21. The highest BCUT2D eigenvalue weighted by molar-refractivity contribution is 5.78. The summed E-state index contributed by atoms with van der Waals surface area (Å²) in [6, 6.07) is 8.03. The molecule has 1 aromatic rings. The molecule has 1 heterocycles. The van der Waals surface area contributed by atoms with Crippen molar-refractivity contribution in [1.29, 1.82) is 0 Å². The van der Waals surface area contributed by atoms with E-state index in [2.05, 4.69) is 6.92 Å². The van der Waals surface area contributed by atoms with Crippen LogP contribution in [0, 0.1) is 5.92 Å². The number of aryl methyl sites for hydroxylation is 1. The summed E-state index contributed by atoms with van der Waals surface area (Å²) in [4.78, 5) is 14.2. The number of likely N-dealkylation sites (tertiary alicyclic amines) is 1. The Morgan fingerprint density at radius 3 is 2.95 bits per heavy atom. The number of rotatable bonds is 5. The van der Waals surface area contributed by atoms with Gasteiger partial charge in [0.05, 0.1) is 0 Å². The highest BCUT2D eigenvalue weighted by Crippen LogP contribution is 2.20. The van der Waals surface area contributed by atoms with Gasteiger partial charge >= 0.3 is 0 Å². The van der Waals surface area contributed by atoms with E-state index in [1.165, 1.54) is 0 Å². The number of ether oxygens (including phenoxy) is 1. The molecular formula is C17H26N2O2. The zero-order chi connectivity index (χ0) is 15.2. The maximum absolute atomic E-state index is 12.3. The zero-order valence-electron chi connectivity index (χ0n) is 13.0. The van der Waals surface area contributed by atoms with Crippen LogP contribution in [0.25, 0.3) is 0 Å². The fourth-order valence-corrected chi connectivity index (χ4v) is 2.83. The largest absolute Gasteiger partial charge is 0.483 e. The average molecular weight is 290 g/mol. The normalized spacial score (nSPS) is 20.1. The van der Waals surface area contributed by atoms with Gasteiger partial charge in [-0.1, -0.05) is 25.1 Å². The van der Waals surface area contributed by atoms with E-state index < -0.39 is 0 Å². The van der Waals surface area contributed by atoms with Crippen molar-refractivity contribution in [3.8, 4) is 5.75 Å². The number of para-hydroxylation sites is 1. The van der Waals surface area contributed by atoms with Crippen molar-refractivity contribution in [2.24, 2.45) is 11.7 Å². The van der Waals surface area contributed by atoms with Gasteiger partial charge in [-0.2, -0.15) is 0 Å². The first kappa shape index (κ1) is 15.8. The van der Waals surface area contributed by atoms with Crippen LogP contribution in [0.4, 0.5) is 0 Å². The van der Waals surface area contributed by atoms with E-state index in [1.807, 2.05) is 36.1 Å². The second-order valence-corrected chi connectivity index (χ2v) is 5.85. The van der Waals surface area contributed by atoms with Crippen LogP contribution >= 0.6 is 0 Å². The van der Waals surface area contributed by atoms with Gasteiger partial charge in [0.2, 0.25) is 0 Å². The van der Waals surface area contributed by atoms with Crippen molar-refractivity contribution in [3.05, 3.63) is 29.8 Å². The van der Waals surface area contributed by atoms with Crippen molar-refractivity contribution in [1.82, 2.24) is 4.90 Å². The van der Waals surface area contributed by atoms with E-state index in [1.54, 1.807) is 0 Å². The smallest absolute Gasteiger partial charge is 0.260 e. The molecule has 4 nitrogen and oxygen atoms in total. The van der Waals surface area contributed by atoms with E-state index in [-0.39, 0.29) is 18.6 Å². The highest BCUT2D eigenvalue weighted by Gasteiger charge is 2.25. The molecule has 1 aliphatic heterocycles. The molecule has 1 aliphatic rings. The van der Waals surface area contributed by atoms with E-state index in [9.17, 15) is 4.79 Å². The third-order valence-corrected chi connectivity index (χ3v) is 4.26. The SMILES string of the molecule is CCc1ccccc1OCC(=O)N1CCC[C@H]([C@H](C)N)C1. The Labute approximate surface area is 127 Å². The van der Waals surface area contributed by atoms with Crippen molar-refractivity contribution < 1.29 is 9.53 Å². The highest BCUT2D eigenvalue weighted by atomic mass is 16.5. The number of nitrogens with two attached hydrogens (primary N) is 1. The number of nitrogens with zero attached hydrogens (tertiary/aromatic N) is 1. The first-order chi connectivity index (χ1) is 10.1. The summed E-state index contributed by atoms with van der Waals surface area (Å²) in [6.07, 6.45) is 3.05. The molecule has 1 aromatic carbocycles. The van der Waals surface area contributed by atoms with Crippen LogP contribution in [0.15, 0.2) is 24.3 Å². The molecule has 0 spiro atoms. The lowest BCUT2D eigenvalue weighted by atomic mass is 9.92. The lowest BCUT2D eigenvalue weighted by molar-refractivity contribution is -0.135. The minimum absolute atomic E-state index is 0.0613. The molecule has 116 valence electrons. The fourth-order valence-electron chi connectivity index (χ4n) is 2.83. The minimum atomic E-state index is 0.0613. The number of hydrogen-bond donors (Lipinski definition) is 1. The molecule has 2 N–H and O–H groups in total. The molecule has 2 atom stereocenters. The van der Waals surface area contributed by atoms with Gasteiger partial charge in [0.25, 0.3) is 5.91 Å². The minimum Gasteiger partial charge on any atom is -0.483 e. The van der Waals surface area contributed by atoms with E-state index >= 15 is 0 Å². The van der Waals surface area contributed by atoms with Gasteiger partial charge < -0.3 is 15.4 Å². The monoisotopic (exact) mass is 290 g/mol. The van der Waals surface area contributed by atoms with E-state index in [0.717, 1.165) is 43.7 Å². The molecule has 1 fully saturated rings. The van der Waals surface area contributed by atoms with Crippen LogP contribution < -0.4 is 10.5 Å². The van der Waals surface area contributed by atoms with Crippen molar-refractivity contribution >= 4 is 5.91 Å². The molecule has 0 unspecified atom stereocenters. The zero-order valence-corrected chi connectivity index (χ0v) is 13.0. The van der Waals surface area contributed by atoms with Crippen LogP contribution in [0.5, 0.6) is 5.75 Å². The molecule has 0 aromatic heterocycles. The van der Waals surface area contributed by atoms with Crippen LogP contribution in [0.1, 0.15) is 32.3 Å². The standard InChI is InChI=1S/C17H26N2O2/c1-3-14-7-4-5-9-16(14)21-12-17(20)19-10-6-8-15(11-19)13(2)18/h4-5,7,9,13,15H,3,6,8,10-12,18H2,1-2H3/t13-,15-/m0/s1. The third kappa shape index (κ3) is 4.21. The fraction of sp³-hybridized carbons (Fsp3) is 0.588. The molecule has 1 amide bonds. The van der Waals surface area contributed by atoms with Crippen LogP contribution in [0.2, 0.25) is 0 Å². The average Bonchev–Trinajstić information content (AvgIpc) is 2.52. The Balaban J connectivity index is 1.89. The summed E-state index contributed by atoms with van der Waals surface area (Å²) in [5.41, 5.74) is 7.10. The van der Waals surface area contributed by atoms with Crippen LogP contribution in [-0.2, 0) is 11.2 Å². The summed E-state index contributed by atoms with van der Waals surface area (Å²) in [5, 5.41) is 0. The van der Waals surface area contributed by atoms with E-state index in [4.69, 9.17) is 10.5 Å². The summed E-state index contributed by atoms with van der Waals surface area (Å²) < 4.78 is 5.72. The number of benzene rings is 1. The molecule has 2 rings (SSSR count). The number of amides is 1. The molecule has 21 heavy (non-hydrogen) atoms. The number of carbonyl (C=O) groups is 1. The summed E-state index contributed by atoms with van der Waals surface area (Å²) >= 11 is 0. The van der Waals surface area contributed by atoms with Gasteiger partial charge in [0, 0.05) is 19.1 Å². The first-order valence-electron chi connectivity index (χ1n) is 7.86. The number of piperidine rings is 1. The Kier molecular flexibility index (Phi) is 5.62. The van der Waals surface area contributed by atoms with Crippen LogP contribution in [-0.4, -0.2) is 36.5 Å².